The Morgan fingerprint density at radius 3 is 1.95 bits per heavy atom. The summed E-state index contributed by atoms with van der Waals surface area (Å²) in [5.41, 5.74) is 2.47. The maximum Gasteiger partial charge on any atom is 0.125 e. The molecule has 21 heavy (non-hydrogen) atoms. The molecule has 0 amide bonds. The average Bonchev–Trinajstić information content (AvgIpc) is 3.08. The molecule has 0 saturated heterocycles. The number of hydrogen-bond donors (Lipinski definition) is 1. The molecule has 2 heteroatoms. The van der Waals surface area contributed by atoms with Crippen molar-refractivity contribution in [1.82, 2.24) is 5.32 Å². The van der Waals surface area contributed by atoms with Crippen LogP contribution in [0, 0.1) is 0 Å². The van der Waals surface area contributed by atoms with Crippen molar-refractivity contribution in [2.45, 2.75) is 19.0 Å². The minimum absolute atomic E-state index is 0.0522. The largest absolute Gasteiger partial charge is 0.467 e. The lowest BCUT2D eigenvalue weighted by Crippen LogP contribution is -2.25. The van der Waals surface area contributed by atoms with E-state index in [2.05, 4.69) is 60.8 Å². The Balaban J connectivity index is 1.87. The van der Waals surface area contributed by atoms with Gasteiger partial charge in [0.1, 0.15) is 5.76 Å². The number of nitrogens with one attached hydrogen (secondary N) is 1. The van der Waals surface area contributed by atoms with E-state index in [1.165, 1.54) is 11.1 Å². The fourth-order valence-electron chi connectivity index (χ4n) is 2.53. The molecule has 0 saturated carbocycles. The monoisotopic (exact) mass is 277 g/mol. The van der Waals surface area contributed by atoms with Crippen molar-refractivity contribution >= 4 is 0 Å². The van der Waals surface area contributed by atoms with E-state index in [1.807, 2.05) is 24.3 Å². The van der Waals surface area contributed by atoms with Gasteiger partial charge in [0.05, 0.1) is 12.3 Å². The van der Waals surface area contributed by atoms with Crippen LogP contribution in [0.1, 0.15) is 35.9 Å². The first-order valence-corrected chi connectivity index (χ1v) is 7.24. The maximum absolute atomic E-state index is 5.62. The summed E-state index contributed by atoms with van der Waals surface area (Å²) in [6.45, 7) is 2.17. The highest BCUT2D eigenvalue weighted by atomic mass is 16.3. The van der Waals surface area contributed by atoms with Crippen LogP contribution in [0.15, 0.2) is 83.5 Å². The fourth-order valence-corrected chi connectivity index (χ4v) is 2.53. The molecule has 2 nitrogen and oxygen atoms in total. The third-order valence-electron chi connectivity index (χ3n) is 3.68. The SMILES string of the molecule is C[C@H](N[C@H](c1ccccc1)c1ccco1)c1ccccc1. The Labute approximate surface area is 125 Å². The summed E-state index contributed by atoms with van der Waals surface area (Å²) in [6.07, 6.45) is 1.72. The van der Waals surface area contributed by atoms with Gasteiger partial charge in [-0.3, -0.25) is 5.32 Å². The maximum atomic E-state index is 5.62. The molecule has 0 radical (unpaired) electrons. The molecule has 0 fully saturated rings. The van der Waals surface area contributed by atoms with Crippen molar-refractivity contribution in [2.24, 2.45) is 0 Å². The van der Waals surface area contributed by atoms with E-state index in [0.717, 1.165) is 5.76 Å². The van der Waals surface area contributed by atoms with Gasteiger partial charge in [0.15, 0.2) is 0 Å². The molecule has 0 aliphatic heterocycles. The van der Waals surface area contributed by atoms with Gasteiger partial charge in [-0.05, 0) is 30.2 Å². The van der Waals surface area contributed by atoms with E-state index in [1.54, 1.807) is 6.26 Å². The van der Waals surface area contributed by atoms with Crippen LogP contribution in [0.2, 0.25) is 0 Å². The summed E-state index contributed by atoms with van der Waals surface area (Å²) in [5.74, 6) is 0.934. The van der Waals surface area contributed by atoms with Crippen molar-refractivity contribution in [3.8, 4) is 0 Å². The summed E-state index contributed by atoms with van der Waals surface area (Å²) < 4.78 is 5.62. The van der Waals surface area contributed by atoms with E-state index in [9.17, 15) is 0 Å². The van der Waals surface area contributed by atoms with Gasteiger partial charge in [-0.1, -0.05) is 60.7 Å². The Hall–Kier alpha value is -2.32. The van der Waals surface area contributed by atoms with E-state index in [-0.39, 0.29) is 12.1 Å². The van der Waals surface area contributed by atoms with Gasteiger partial charge < -0.3 is 4.42 Å². The second-order valence-electron chi connectivity index (χ2n) is 5.16. The topological polar surface area (TPSA) is 25.2 Å². The highest BCUT2D eigenvalue weighted by Gasteiger charge is 2.19. The predicted molar refractivity (Wildman–Crippen MR) is 85.0 cm³/mol. The number of rotatable bonds is 5. The normalized spacial score (nSPS) is 13.8. The van der Waals surface area contributed by atoms with E-state index in [0.29, 0.717) is 0 Å². The molecule has 0 bridgehead atoms. The molecule has 3 aromatic rings. The Morgan fingerprint density at radius 1 is 0.762 bits per heavy atom. The van der Waals surface area contributed by atoms with Crippen molar-refractivity contribution in [2.75, 3.05) is 0 Å². The second-order valence-corrected chi connectivity index (χ2v) is 5.16. The number of hydrogen-bond acceptors (Lipinski definition) is 2. The molecule has 0 aliphatic rings. The predicted octanol–water partition coefficient (Wildman–Crippen LogP) is 4.72. The summed E-state index contributed by atoms with van der Waals surface area (Å²) in [6, 6.07) is 25.1. The number of furan rings is 1. The Morgan fingerprint density at radius 2 is 1.38 bits per heavy atom. The molecule has 2 aromatic carbocycles. The van der Waals surface area contributed by atoms with Crippen LogP contribution in [0.4, 0.5) is 0 Å². The lowest BCUT2D eigenvalue weighted by atomic mass is 10.0. The van der Waals surface area contributed by atoms with Crippen LogP contribution in [-0.2, 0) is 0 Å². The summed E-state index contributed by atoms with van der Waals surface area (Å²) in [7, 11) is 0. The third kappa shape index (κ3) is 3.23. The molecule has 0 spiro atoms. The molecule has 0 unspecified atom stereocenters. The van der Waals surface area contributed by atoms with E-state index in [4.69, 9.17) is 4.42 Å². The van der Waals surface area contributed by atoms with Gasteiger partial charge >= 0.3 is 0 Å². The van der Waals surface area contributed by atoms with Crippen molar-refractivity contribution < 1.29 is 4.42 Å². The van der Waals surface area contributed by atoms with Crippen molar-refractivity contribution in [3.05, 3.63) is 95.9 Å². The highest BCUT2D eigenvalue weighted by molar-refractivity contribution is 5.28. The lowest BCUT2D eigenvalue weighted by Gasteiger charge is -2.22. The number of benzene rings is 2. The summed E-state index contributed by atoms with van der Waals surface area (Å²) >= 11 is 0. The fraction of sp³-hybridized carbons (Fsp3) is 0.158. The Kier molecular flexibility index (Phi) is 4.17. The lowest BCUT2D eigenvalue weighted by molar-refractivity contribution is 0.419. The van der Waals surface area contributed by atoms with E-state index >= 15 is 0 Å². The van der Waals surface area contributed by atoms with Crippen LogP contribution in [0.25, 0.3) is 0 Å². The van der Waals surface area contributed by atoms with Crippen molar-refractivity contribution in [1.29, 1.82) is 0 Å². The van der Waals surface area contributed by atoms with Gasteiger partial charge in [0.2, 0.25) is 0 Å². The zero-order chi connectivity index (χ0) is 14.5. The molecule has 1 N–H and O–H groups in total. The molecular weight excluding hydrogens is 258 g/mol. The molecule has 1 heterocycles. The second kappa shape index (κ2) is 6.42. The standard InChI is InChI=1S/C19H19NO/c1-15(16-9-4-2-5-10-16)20-19(18-13-8-14-21-18)17-11-6-3-7-12-17/h2-15,19-20H,1H3/t15-,19+/m0/s1. The van der Waals surface area contributed by atoms with Gasteiger partial charge in [0, 0.05) is 6.04 Å². The Bertz CT molecular complexity index is 647. The molecule has 3 rings (SSSR count). The van der Waals surface area contributed by atoms with Gasteiger partial charge in [-0.15, -0.1) is 0 Å². The minimum Gasteiger partial charge on any atom is -0.467 e. The first-order chi connectivity index (χ1) is 10.3. The molecule has 2 atom stereocenters. The van der Waals surface area contributed by atoms with Gasteiger partial charge in [-0.2, -0.15) is 0 Å². The quantitative estimate of drug-likeness (QED) is 0.730. The van der Waals surface area contributed by atoms with Crippen molar-refractivity contribution in [3.63, 3.8) is 0 Å². The molecular formula is C19H19NO. The minimum atomic E-state index is 0.0522. The smallest absolute Gasteiger partial charge is 0.125 e. The highest BCUT2D eigenvalue weighted by Crippen LogP contribution is 2.26. The van der Waals surface area contributed by atoms with Gasteiger partial charge in [-0.25, -0.2) is 0 Å². The van der Waals surface area contributed by atoms with Gasteiger partial charge in [0.25, 0.3) is 0 Å². The average molecular weight is 277 g/mol. The molecule has 106 valence electrons. The molecule has 1 aromatic heterocycles. The van der Waals surface area contributed by atoms with Crippen LogP contribution in [0.5, 0.6) is 0 Å². The van der Waals surface area contributed by atoms with Crippen LogP contribution >= 0.6 is 0 Å². The van der Waals surface area contributed by atoms with E-state index < -0.39 is 0 Å². The third-order valence-corrected chi connectivity index (χ3v) is 3.68. The zero-order valence-corrected chi connectivity index (χ0v) is 12.1. The molecule has 0 aliphatic carbocycles. The van der Waals surface area contributed by atoms with Crippen LogP contribution in [-0.4, -0.2) is 0 Å². The first-order valence-electron chi connectivity index (χ1n) is 7.24. The van der Waals surface area contributed by atoms with Crippen LogP contribution < -0.4 is 5.32 Å². The first kappa shape index (κ1) is 13.7. The summed E-state index contributed by atoms with van der Waals surface area (Å²) in [5, 5.41) is 3.66. The zero-order valence-electron chi connectivity index (χ0n) is 12.1. The van der Waals surface area contributed by atoms with Crippen LogP contribution in [0.3, 0.4) is 0 Å². The summed E-state index contributed by atoms with van der Waals surface area (Å²) in [4.78, 5) is 0.